The van der Waals surface area contributed by atoms with E-state index in [4.69, 9.17) is 9.52 Å². The third-order valence-corrected chi connectivity index (χ3v) is 4.76. The van der Waals surface area contributed by atoms with Gasteiger partial charge in [0.2, 0.25) is 26.6 Å². The van der Waals surface area contributed by atoms with E-state index in [0.29, 0.717) is 0 Å². The third kappa shape index (κ3) is 2.78. The molecule has 1 saturated carbocycles. The number of hydrogen-bond donors (Lipinski definition) is 2. The lowest BCUT2D eigenvalue weighted by Crippen LogP contribution is -2.38. The lowest BCUT2D eigenvalue weighted by atomic mass is 10.4. The predicted molar refractivity (Wildman–Crippen MR) is 63.5 cm³/mol. The van der Waals surface area contributed by atoms with Crippen molar-refractivity contribution in [3.8, 4) is 0 Å². The molecule has 19 heavy (non-hydrogen) atoms. The van der Waals surface area contributed by atoms with Crippen LogP contribution in [0.5, 0.6) is 0 Å². The summed E-state index contributed by atoms with van der Waals surface area (Å²) in [5, 5.41) is 9.42. The first-order valence-corrected chi connectivity index (χ1v) is 7.24. The van der Waals surface area contributed by atoms with Crippen molar-refractivity contribution >= 4 is 21.7 Å². The van der Waals surface area contributed by atoms with Gasteiger partial charge in [0, 0.05) is 6.04 Å². The van der Waals surface area contributed by atoms with E-state index < -0.39 is 37.8 Å². The van der Waals surface area contributed by atoms with Crippen LogP contribution < -0.4 is 5.32 Å². The molecule has 0 radical (unpaired) electrons. The van der Waals surface area contributed by atoms with E-state index >= 15 is 0 Å². The Morgan fingerprint density at radius 3 is 2.53 bits per heavy atom. The zero-order valence-corrected chi connectivity index (χ0v) is 10.9. The maximum atomic E-state index is 12.1. The smallest absolute Gasteiger partial charge is 0.371 e. The van der Waals surface area contributed by atoms with Gasteiger partial charge in [0.05, 0.1) is 0 Å². The van der Waals surface area contributed by atoms with Gasteiger partial charge < -0.3 is 14.8 Å². The summed E-state index contributed by atoms with van der Waals surface area (Å²) >= 11 is 0. The molecule has 1 aromatic rings. The van der Waals surface area contributed by atoms with Gasteiger partial charge in [-0.2, -0.15) is 0 Å². The van der Waals surface area contributed by atoms with Crippen LogP contribution in [0.15, 0.2) is 21.6 Å². The Morgan fingerprint density at radius 1 is 1.42 bits per heavy atom. The Balaban J connectivity index is 2.19. The summed E-state index contributed by atoms with van der Waals surface area (Å²) in [5.41, 5.74) is 0. The third-order valence-electron chi connectivity index (χ3n) is 2.83. The zero-order valence-electron chi connectivity index (χ0n) is 10.1. The molecular weight excluding hydrogens is 274 g/mol. The van der Waals surface area contributed by atoms with Crippen molar-refractivity contribution in [3.63, 3.8) is 0 Å². The van der Waals surface area contributed by atoms with Crippen molar-refractivity contribution in [1.29, 1.82) is 0 Å². The van der Waals surface area contributed by atoms with Gasteiger partial charge in [-0.25, -0.2) is 13.2 Å². The number of furan rings is 1. The molecule has 1 fully saturated rings. The zero-order chi connectivity index (χ0) is 14.2. The minimum atomic E-state index is -4.01. The van der Waals surface area contributed by atoms with Crippen LogP contribution in [0.1, 0.15) is 30.3 Å². The van der Waals surface area contributed by atoms with Gasteiger partial charge in [-0.1, -0.05) is 0 Å². The average molecular weight is 287 g/mol. The largest absolute Gasteiger partial charge is 0.475 e. The molecule has 1 amide bonds. The second kappa shape index (κ2) is 4.69. The first-order valence-electron chi connectivity index (χ1n) is 5.70. The quantitative estimate of drug-likeness (QED) is 0.811. The van der Waals surface area contributed by atoms with Crippen LogP contribution in [-0.4, -0.2) is 36.7 Å². The average Bonchev–Trinajstić information content (AvgIpc) is 2.99. The Bertz CT molecular complexity index is 613. The van der Waals surface area contributed by atoms with Crippen LogP contribution in [0.3, 0.4) is 0 Å². The second-order valence-electron chi connectivity index (χ2n) is 4.39. The molecule has 1 aliphatic carbocycles. The second-order valence-corrected chi connectivity index (χ2v) is 6.59. The van der Waals surface area contributed by atoms with E-state index in [2.05, 4.69) is 5.32 Å². The fourth-order valence-electron chi connectivity index (χ4n) is 1.45. The highest BCUT2D eigenvalue weighted by atomic mass is 32.2. The first kappa shape index (κ1) is 13.6. The molecule has 0 saturated heterocycles. The van der Waals surface area contributed by atoms with Crippen LogP contribution in [-0.2, 0) is 14.6 Å². The number of nitrogens with one attached hydrogen (secondary N) is 1. The predicted octanol–water partition coefficient (Wildman–Crippen LogP) is 0.419. The fraction of sp³-hybridized carbons (Fsp3) is 0.455. The lowest BCUT2D eigenvalue weighted by Gasteiger charge is -2.10. The molecule has 1 aliphatic rings. The van der Waals surface area contributed by atoms with E-state index in [9.17, 15) is 18.0 Å². The van der Waals surface area contributed by atoms with Gasteiger partial charge in [-0.3, -0.25) is 4.79 Å². The summed E-state index contributed by atoms with van der Waals surface area (Å²) in [6.45, 7) is 1.25. The van der Waals surface area contributed by atoms with Crippen LogP contribution in [0, 0.1) is 0 Å². The molecule has 7 nitrogen and oxygen atoms in total. The number of carboxylic acid groups (broad SMARTS) is 1. The van der Waals surface area contributed by atoms with Gasteiger partial charge in [-0.15, -0.1) is 0 Å². The highest BCUT2D eigenvalue weighted by molar-refractivity contribution is 7.92. The summed E-state index contributed by atoms with van der Waals surface area (Å²) < 4.78 is 28.9. The molecule has 8 heteroatoms. The molecular formula is C11H13NO6S. The molecule has 0 aliphatic heterocycles. The van der Waals surface area contributed by atoms with E-state index in [1.54, 1.807) is 0 Å². The molecule has 0 spiro atoms. The van der Waals surface area contributed by atoms with Crippen molar-refractivity contribution in [2.75, 3.05) is 0 Å². The van der Waals surface area contributed by atoms with Crippen molar-refractivity contribution in [3.05, 3.63) is 17.9 Å². The number of carboxylic acids is 1. The number of hydrogen-bond acceptors (Lipinski definition) is 5. The van der Waals surface area contributed by atoms with Gasteiger partial charge >= 0.3 is 5.97 Å². The van der Waals surface area contributed by atoms with Crippen molar-refractivity contribution in [2.45, 2.75) is 36.1 Å². The van der Waals surface area contributed by atoms with Gasteiger partial charge in [0.15, 0.2) is 0 Å². The fourth-order valence-corrected chi connectivity index (χ4v) is 2.61. The van der Waals surface area contributed by atoms with Crippen LogP contribution in [0.2, 0.25) is 0 Å². The number of carbonyl (C=O) groups excluding carboxylic acids is 1. The molecule has 1 unspecified atom stereocenters. The van der Waals surface area contributed by atoms with E-state index in [-0.39, 0.29) is 6.04 Å². The lowest BCUT2D eigenvalue weighted by molar-refractivity contribution is -0.120. The summed E-state index contributed by atoms with van der Waals surface area (Å²) in [6, 6.07) is 2.14. The number of amides is 1. The monoisotopic (exact) mass is 287 g/mol. The normalized spacial score (nSPS) is 16.9. The molecule has 0 aromatic carbocycles. The standard InChI is InChI=1S/C11H13NO6S/c1-6(10(13)12-7-2-3-7)19(16,17)9-5-4-8(18-9)11(14)15/h4-7H,2-3H2,1H3,(H,12,13)(H,14,15). The Kier molecular flexibility index (Phi) is 3.36. The summed E-state index contributed by atoms with van der Waals surface area (Å²) in [5.74, 6) is -2.44. The minimum absolute atomic E-state index is 0.0522. The van der Waals surface area contributed by atoms with Gasteiger partial charge in [0.1, 0.15) is 5.25 Å². The molecule has 1 aromatic heterocycles. The first-order chi connectivity index (χ1) is 8.82. The number of sulfone groups is 1. The maximum Gasteiger partial charge on any atom is 0.371 e. The Hall–Kier alpha value is -1.83. The molecule has 2 rings (SSSR count). The number of aromatic carboxylic acids is 1. The van der Waals surface area contributed by atoms with E-state index in [1.807, 2.05) is 0 Å². The molecule has 1 atom stereocenters. The number of carbonyl (C=O) groups is 2. The van der Waals surface area contributed by atoms with Crippen LogP contribution >= 0.6 is 0 Å². The summed E-state index contributed by atoms with van der Waals surface area (Å²) in [7, 11) is -4.01. The van der Waals surface area contributed by atoms with Crippen molar-refractivity contribution < 1.29 is 27.5 Å². The SMILES string of the molecule is CC(C(=O)NC1CC1)S(=O)(=O)c1ccc(C(=O)O)o1. The molecule has 2 N–H and O–H groups in total. The van der Waals surface area contributed by atoms with E-state index in [0.717, 1.165) is 25.0 Å². The van der Waals surface area contributed by atoms with E-state index in [1.165, 1.54) is 6.92 Å². The minimum Gasteiger partial charge on any atom is -0.475 e. The van der Waals surface area contributed by atoms with Crippen molar-refractivity contribution in [1.82, 2.24) is 5.32 Å². The molecule has 0 bridgehead atoms. The highest BCUT2D eigenvalue weighted by Gasteiger charge is 2.35. The number of rotatable bonds is 5. The summed E-state index contributed by atoms with van der Waals surface area (Å²) in [6.07, 6.45) is 1.70. The highest BCUT2D eigenvalue weighted by Crippen LogP contribution is 2.22. The van der Waals surface area contributed by atoms with Crippen LogP contribution in [0.25, 0.3) is 0 Å². The van der Waals surface area contributed by atoms with Gasteiger partial charge in [-0.05, 0) is 31.9 Å². The topological polar surface area (TPSA) is 114 Å². The Labute approximate surface area is 109 Å². The molecule has 104 valence electrons. The van der Waals surface area contributed by atoms with Gasteiger partial charge in [0.25, 0.3) is 0 Å². The summed E-state index contributed by atoms with van der Waals surface area (Å²) in [4.78, 5) is 22.3. The van der Waals surface area contributed by atoms with Crippen molar-refractivity contribution in [2.24, 2.45) is 0 Å². The van der Waals surface area contributed by atoms with Crippen LogP contribution in [0.4, 0.5) is 0 Å². The Morgan fingerprint density at radius 2 is 2.05 bits per heavy atom. The maximum absolute atomic E-state index is 12.1. The molecule has 1 heterocycles.